The third kappa shape index (κ3) is 1.70. The van der Waals surface area contributed by atoms with E-state index < -0.39 is 0 Å². The summed E-state index contributed by atoms with van der Waals surface area (Å²) in [4.78, 5) is 0. The molecule has 1 aromatic rings. The maximum absolute atomic E-state index is 8.41. The van der Waals surface area contributed by atoms with E-state index in [2.05, 4.69) is 5.16 Å². The maximum Gasteiger partial charge on any atom is 0.0836 e. The molecule has 1 rings (SSSR count). The van der Waals surface area contributed by atoms with Gasteiger partial charge in [-0.15, -0.1) is 0 Å². The maximum atomic E-state index is 8.41. The van der Waals surface area contributed by atoms with Crippen molar-refractivity contribution in [1.29, 1.82) is 0 Å². The van der Waals surface area contributed by atoms with Gasteiger partial charge in [-0.2, -0.15) is 0 Å². The predicted octanol–water partition coefficient (Wildman–Crippen LogP) is 1.47. The standard InChI is InChI=1S/C8H10N2O/c1-6(10-11)7-2-4-8(9)5-3-7/h2-5,11H,9H2,1H3/b10-6+. The van der Waals surface area contributed by atoms with Crippen LogP contribution in [0.1, 0.15) is 12.5 Å². The molecule has 0 amide bonds. The topological polar surface area (TPSA) is 58.6 Å². The van der Waals surface area contributed by atoms with Gasteiger partial charge in [0.1, 0.15) is 0 Å². The Hall–Kier alpha value is -1.51. The largest absolute Gasteiger partial charge is 0.411 e. The van der Waals surface area contributed by atoms with E-state index in [1.54, 1.807) is 19.1 Å². The van der Waals surface area contributed by atoms with E-state index in [1.807, 2.05) is 12.1 Å². The van der Waals surface area contributed by atoms with Gasteiger partial charge in [0.2, 0.25) is 0 Å². The molecule has 1 aromatic carbocycles. The number of oxime groups is 1. The quantitative estimate of drug-likeness (QED) is 0.275. The molecule has 0 spiro atoms. The van der Waals surface area contributed by atoms with Crippen LogP contribution in [-0.4, -0.2) is 10.9 Å². The van der Waals surface area contributed by atoms with Gasteiger partial charge in [0.05, 0.1) is 5.71 Å². The molecule has 0 saturated carbocycles. The summed E-state index contributed by atoms with van der Waals surface area (Å²) >= 11 is 0. The second-order valence-corrected chi connectivity index (χ2v) is 2.31. The molecule has 0 fully saturated rings. The zero-order chi connectivity index (χ0) is 8.27. The highest BCUT2D eigenvalue weighted by atomic mass is 16.4. The number of hydrogen-bond acceptors (Lipinski definition) is 3. The lowest BCUT2D eigenvalue weighted by Gasteiger charge is -1.97. The zero-order valence-corrected chi connectivity index (χ0v) is 6.28. The molecular formula is C8H10N2O. The Morgan fingerprint density at radius 3 is 2.36 bits per heavy atom. The molecule has 58 valence electrons. The van der Waals surface area contributed by atoms with Crippen LogP contribution in [0.5, 0.6) is 0 Å². The van der Waals surface area contributed by atoms with E-state index in [0.717, 1.165) is 5.56 Å². The molecule has 0 unspecified atom stereocenters. The third-order valence-electron chi connectivity index (χ3n) is 1.48. The van der Waals surface area contributed by atoms with Crippen molar-refractivity contribution in [2.24, 2.45) is 5.16 Å². The molecule has 3 heteroatoms. The summed E-state index contributed by atoms with van der Waals surface area (Å²) in [6.07, 6.45) is 0. The van der Waals surface area contributed by atoms with E-state index in [-0.39, 0.29) is 0 Å². The number of nitrogen functional groups attached to an aromatic ring is 1. The minimum atomic E-state index is 0.588. The van der Waals surface area contributed by atoms with Crippen LogP contribution in [0.4, 0.5) is 5.69 Å². The Morgan fingerprint density at radius 1 is 1.36 bits per heavy atom. The van der Waals surface area contributed by atoms with Gasteiger partial charge in [-0.1, -0.05) is 17.3 Å². The highest BCUT2D eigenvalue weighted by molar-refractivity contribution is 5.98. The molecule has 0 atom stereocenters. The van der Waals surface area contributed by atoms with E-state index in [1.165, 1.54) is 0 Å². The van der Waals surface area contributed by atoms with Crippen LogP contribution in [-0.2, 0) is 0 Å². The lowest BCUT2D eigenvalue weighted by atomic mass is 10.1. The first-order chi connectivity index (χ1) is 5.24. The first kappa shape index (κ1) is 7.60. The number of hydrogen-bond donors (Lipinski definition) is 2. The summed E-state index contributed by atoms with van der Waals surface area (Å²) in [6, 6.07) is 7.16. The minimum Gasteiger partial charge on any atom is -0.411 e. The lowest BCUT2D eigenvalue weighted by Crippen LogP contribution is -1.94. The second-order valence-electron chi connectivity index (χ2n) is 2.31. The summed E-state index contributed by atoms with van der Waals surface area (Å²) in [5.74, 6) is 0. The van der Waals surface area contributed by atoms with E-state index in [0.29, 0.717) is 11.4 Å². The fourth-order valence-electron chi connectivity index (χ4n) is 0.782. The Morgan fingerprint density at radius 2 is 1.91 bits per heavy atom. The van der Waals surface area contributed by atoms with Gasteiger partial charge in [-0.05, 0) is 24.6 Å². The van der Waals surface area contributed by atoms with E-state index >= 15 is 0 Å². The summed E-state index contributed by atoms with van der Waals surface area (Å²) in [5, 5.41) is 11.5. The number of anilines is 1. The van der Waals surface area contributed by atoms with Crippen molar-refractivity contribution in [3.8, 4) is 0 Å². The summed E-state index contributed by atoms with van der Waals surface area (Å²) in [7, 11) is 0. The van der Waals surface area contributed by atoms with Crippen molar-refractivity contribution in [3.05, 3.63) is 29.8 Å². The molecule has 0 bridgehead atoms. The van der Waals surface area contributed by atoms with Crippen molar-refractivity contribution >= 4 is 11.4 Å². The van der Waals surface area contributed by atoms with Gasteiger partial charge in [0.15, 0.2) is 0 Å². The van der Waals surface area contributed by atoms with Crippen LogP contribution in [0.2, 0.25) is 0 Å². The first-order valence-electron chi connectivity index (χ1n) is 3.28. The second kappa shape index (κ2) is 3.05. The highest BCUT2D eigenvalue weighted by Crippen LogP contribution is 2.05. The number of rotatable bonds is 1. The Labute approximate surface area is 65.1 Å². The van der Waals surface area contributed by atoms with Crippen molar-refractivity contribution in [2.45, 2.75) is 6.92 Å². The Kier molecular flexibility index (Phi) is 2.11. The van der Waals surface area contributed by atoms with Crippen molar-refractivity contribution in [2.75, 3.05) is 5.73 Å². The van der Waals surface area contributed by atoms with Crippen molar-refractivity contribution in [3.63, 3.8) is 0 Å². The fourth-order valence-corrected chi connectivity index (χ4v) is 0.782. The number of nitrogens with two attached hydrogens (primary N) is 1. The molecule has 0 saturated heterocycles. The Bertz CT molecular complexity index is 264. The summed E-state index contributed by atoms with van der Waals surface area (Å²) in [5.41, 5.74) is 7.64. The Balaban J connectivity index is 2.99. The fraction of sp³-hybridized carbons (Fsp3) is 0.125. The average Bonchev–Trinajstić information content (AvgIpc) is 2.05. The highest BCUT2D eigenvalue weighted by Gasteiger charge is 1.95. The molecule has 0 aliphatic heterocycles. The molecule has 11 heavy (non-hydrogen) atoms. The van der Waals surface area contributed by atoms with Crippen LogP contribution >= 0.6 is 0 Å². The van der Waals surface area contributed by atoms with E-state index in [4.69, 9.17) is 10.9 Å². The van der Waals surface area contributed by atoms with Crippen LogP contribution in [0.3, 0.4) is 0 Å². The minimum absolute atomic E-state index is 0.588. The van der Waals surface area contributed by atoms with Crippen LogP contribution < -0.4 is 5.73 Å². The molecule has 0 aromatic heterocycles. The molecule has 0 heterocycles. The third-order valence-corrected chi connectivity index (χ3v) is 1.48. The van der Waals surface area contributed by atoms with Gasteiger partial charge in [0, 0.05) is 5.69 Å². The zero-order valence-electron chi connectivity index (χ0n) is 6.28. The van der Waals surface area contributed by atoms with Gasteiger partial charge in [-0.3, -0.25) is 0 Å². The SMILES string of the molecule is C/C(=N\O)c1ccc(N)cc1. The van der Waals surface area contributed by atoms with Gasteiger partial charge >= 0.3 is 0 Å². The molecule has 3 nitrogen and oxygen atoms in total. The van der Waals surface area contributed by atoms with Crippen molar-refractivity contribution in [1.82, 2.24) is 0 Å². The lowest BCUT2D eigenvalue weighted by molar-refractivity contribution is 0.319. The number of benzene rings is 1. The van der Waals surface area contributed by atoms with Gasteiger partial charge < -0.3 is 10.9 Å². The van der Waals surface area contributed by atoms with Crippen LogP contribution in [0, 0.1) is 0 Å². The summed E-state index contributed by atoms with van der Waals surface area (Å²) in [6.45, 7) is 1.73. The smallest absolute Gasteiger partial charge is 0.0836 e. The molecule has 0 radical (unpaired) electrons. The van der Waals surface area contributed by atoms with Crippen LogP contribution in [0.15, 0.2) is 29.4 Å². The molecule has 3 N–H and O–H groups in total. The predicted molar refractivity (Wildman–Crippen MR) is 44.9 cm³/mol. The first-order valence-corrected chi connectivity index (χ1v) is 3.28. The molecule has 0 aliphatic rings. The average molecular weight is 150 g/mol. The number of nitrogens with zero attached hydrogens (tertiary/aromatic N) is 1. The molecule has 0 aliphatic carbocycles. The summed E-state index contributed by atoms with van der Waals surface area (Å²) < 4.78 is 0. The van der Waals surface area contributed by atoms with Gasteiger partial charge in [-0.25, -0.2) is 0 Å². The monoisotopic (exact) mass is 150 g/mol. The van der Waals surface area contributed by atoms with E-state index in [9.17, 15) is 0 Å². The molecular weight excluding hydrogens is 140 g/mol. The van der Waals surface area contributed by atoms with Crippen molar-refractivity contribution < 1.29 is 5.21 Å². The normalized spacial score (nSPS) is 11.5. The van der Waals surface area contributed by atoms with Gasteiger partial charge in [0.25, 0.3) is 0 Å². The van der Waals surface area contributed by atoms with Crippen LogP contribution in [0.25, 0.3) is 0 Å².